The molecule has 0 aliphatic carbocycles. The molecular weight excluding hydrogens is 448 g/mol. The fourth-order valence-electron chi connectivity index (χ4n) is 3.18. The van der Waals surface area contributed by atoms with E-state index < -0.39 is 26.9 Å². The van der Waals surface area contributed by atoms with Crippen molar-refractivity contribution < 1.29 is 22.7 Å². The molecule has 9 heteroatoms. The largest absolute Gasteiger partial charge is 0.496 e. The number of sulfone groups is 1. The van der Waals surface area contributed by atoms with Gasteiger partial charge in [-0.25, -0.2) is 8.42 Å². The summed E-state index contributed by atoms with van der Waals surface area (Å²) in [4.78, 5) is 25.3. The predicted octanol–water partition coefficient (Wildman–Crippen LogP) is 2.75. The quantitative estimate of drug-likeness (QED) is 0.467. The van der Waals surface area contributed by atoms with Crippen LogP contribution in [0.1, 0.15) is 15.7 Å². The van der Waals surface area contributed by atoms with Crippen LogP contribution in [0.4, 0.5) is 0 Å². The molecule has 168 valence electrons. The Balaban J connectivity index is 1.61. The molecule has 2 aromatic carbocycles. The Kier molecular flexibility index (Phi) is 8.02. The number of thiophene rings is 1. The molecule has 1 aromatic heterocycles. The highest BCUT2D eigenvalue weighted by atomic mass is 32.2. The third-order valence-electron chi connectivity index (χ3n) is 4.83. The maximum Gasteiger partial charge on any atom is 0.309 e. The highest BCUT2D eigenvalue weighted by molar-refractivity contribution is 7.91. The first kappa shape index (κ1) is 23.5. The van der Waals surface area contributed by atoms with E-state index in [4.69, 9.17) is 4.74 Å². The molecule has 0 saturated heterocycles. The summed E-state index contributed by atoms with van der Waals surface area (Å²) in [5.41, 5.74) is 0.905. The van der Waals surface area contributed by atoms with Gasteiger partial charge in [-0.2, -0.15) is 0 Å². The van der Waals surface area contributed by atoms with E-state index in [0.29, 0.717) is 17.0 Å². The van der Waals surface area contributed by atoms with Gasteiger partial charge in [0.1, 0.15) is 11.0 Å². The standard InChI is InChI=1S/C23H24N2O5S2/c1-30-19-11-6-5-8-17(19)13-14-24-22(26)23(27)25-16-21(20-12-7-15-31-20)32(28,29)18-9-3-2-4-10-18/h2-12,15,21H,13-14,16H2,1H3,(H,24,26)(H,25,27)/t21-/m1/s1. The molecule has 0 unspecified atom stereocenters. The normalized spacial score (nSPS) is 12.0. The van der Waals surface area contributed by atoms with Crippen molar-refractivity contribution in [1.29, 1.82) is 0 Å². The van der Waals surface area contributed by atoms with Gasteiger partial charge in [-0.1, -0.05) is 42.5 Å². The number of carbonyl (C=O) groups is 2. The minimum absolute atomic E-state index is 0.161. The Morgan fingerprint density at radius 2 is 1.62 bits per heavy atom. The molecule has 1 atom stereocenters. The number of para-hydroxylation sites is 1. The van der Waals surface area contributed by atoms with E-state index in [9.17, 15) is 18.0 Å². The van der Waals surface area contributed by atoms with Gasteiger partial charge >= 0.3 is 11.8 Å². The summed E-state index contributed by atoms with van der Waals surface area (Å²) in [7, 11) is -2.19. The van der Waals surface area contributed by atoms with Gasteiger partial charge in [0.25, 0.3) is 0 Å². The van der Waals surface area contributed by atoms with Crippen LogP contribution in [-0.4, -0.2) is 40.4 Å². The van der Waals surface area contributed by atoms with Gasteiger partial charge in [-0.05, 0) is 41.6 Å². The minimum atomic E-state index is -3.76. The zero-order valence-electron chi connectivity index (χ0n) is 17.5. The second-order valence-electron chi connectivity index (χ2n) is 6.89. The lowest BCUT2D eigenvalue weighted by molar-refractivity contribution is -0.139. The maximum atomic E-state index is 13.1. The molecule has 0 spiro atoms. The zero-order chi connectivity index (χ0) is 23.0. The third-order valence-corrected chi connectivity index (χ3v) is 8.07. The Morgan fingerprint density at radius 3 is 2.31 bits per heavy atom. The monoisotopic (exact) mass is 472 g/mol. The van der Waals surface area contributed by atoms with Gasteiger partial charge < -0.3 is 15.4 Å². The first-order chi connectivity index (χ1) is 15.4. The lowest BCUT2D eigenvalue weighted by Gasteiger charge is -2.17. The molecule has 0 aliphatic rings. The van der Waals surface area contributed by atoms with Crippen molar-refractivity contribution in [2.75, 3.05) is 20.2 Å². The molecule has 2 N–H and O–H groups in total. The molecular formula is C23H24N2O5S2. The number of amides is 2. The van der Waals surface area contributed by atoms with E-state index in [-0.39, 0.29) is 18.0 Å². The van der Waals surface area contributed by atoms with Crippen molar-refractivity contribution in [3.05, 3.63) is 82.6 Å². The molecule has 0 saturated carbocycles. The van der Waals surface area contributed by atoms with Gasteiger partial charge in [0, 0.05) is 18.0 Å². The number of carbonyl (C=O) groups excluding carboxylic acids is 2. The lowest BCUT2D eigenvalue weighted by Crippen LogP contribution is -2.42. The maximum absolute atomic E-state index is 13.1. The topological polar surface area (TPSA) is 102 Å². The van der Waals surface area contributed by atoms with Crippen molar-refractivity contribution in [2.24, 2.45) is 0 Å². The summed E-state index contributed by atoms with van der Waals surface area (Å²) in [5, 5.41) is 5.81. The molecule has 0 radical (unpaired) electrons. The Bertz CT molecular complexity index is 1150. The highest BCUT2D eigenvalue weighted by Gasteiger charge is 2.31. The first-order valence-corrected chi connectivity index (χ1v) is 12.4. The molecule has 1 heterocycles. The van der Waals surface area contributed by atoms with Crippen molar-refractivity contribution >= 4 is 33.0 Å². The van der Waals surface area contributed by atoms with E-state index in [1.807, 2.05) is 24.3 Å². The minimum Gasteiger partial charge on any atom is -0.496 e. The van der Waals surface area contributed by atoms with Crippen LogP contribution in [0.25, 0.3) is 0 Å². The number of hydrogen-bond acceptors (Lipinski definition) is 6. The summed E-state index contributed by atoms with van der Waals surface area (Å²) in [6.07, 6.45) is 0.489. The average Bonchev–Trinajstić information content (AvgIpc) is 3.34. The molecule has 3 aromatic rings. The number of methoxy groups -OCH3 is 1. The van der Waals surface area contributed by atoms with Crippen LogP contribution in [0.5, 0.6) is 5.75 Å². The van der Waals surface area contributed by atoms with E-state index in [1.54, 1.807) is 42.8 Å². The lowest BCUT2D eigenvalue weighted by atomic mass is 10.1. The smallest absolute Gasteiger partial charge is 0.309 e. The van der Waals surface area contributed by atoms with Crippen LogP contribution in [0.2, 0.25) is 0 Å². The van der Waals surface area contributed by atoms with Crippen molar-refractivity contribution in [3.63, 3.8) is 0 Å². The van der Waals surface area contributed by atoms with E-state index in [2.05, 4.69) is 10.6 Å². The molecule has 3 rings (SSSR count). The Morgan fingerprint density at radius 1 is 0.938 bits per heavy atom. The van der Waals surface area contributed by atoms with Crippen LogP contribution in [0.3, 0.4) is 0 Å². The number of benzene rings is 2. The van der Waals surface area contributed by atoms with Gasteiger partial charge in [0.15, 0.2) is 9.84 Å². The number of ether oxygens (including phenoxy) is 1. The van der Waals surface area contributed by atoms with E-state index in [0.717, 1.165) is 5.56 Å². The summed E-state index contributed by atoms with van der Waals surface area (Å²) >= 11 is 1.28. The summed E-state index contributed by atoms with van der Waals surface area (Å²) < 4.78 is 31.6. The highest BCUT2D eigenvalue weighted by Crippen LogP contribution is 2.31. The van der Waals surface area contributed by atoms with Gasteiger partial charge in [0.2, 0.25) is 0 Å². The molecule has 7 nitrogen and oxygen atoms in total. The Hall–Kier alpha value is -3.17. The molecule has 32 heavy (non-hydrogen) atoms. The summed E-state index contributed by atoms with van der Waals surface area (Å²) in [6.45, 7) is 0.0276. The SMILES string of the molecule is COc1ccccc1CCNC(=O)C(=O)NC[C@H](c1cccs1)S(=O)(=O)c1ccccc1. The van der Waals surface area contributed by atoms with Crippen LogP contribution in [0.15, 0.2) is 77.0 Å². The first-order valence-electron chi connectivity index (χ1n) is 9.93. The zero-order valence-corrected chi connectivity index (χ0v) is 19.1. The number of nitrogens with one attached hydrogen (secondary N) is 2. The molecule has 0 fully saturated rings. The third kappa shape index (κ3) is 5.74. The van der Waals surface area contributed by atoms with Crippen molar-refractivity contribution in [1.82, 2.24) is 10.6 Å². The molecule has 0 aliphatic heterocycles. The second kappa shape index (κ2) is 10.9. The fraction of sp³-hybridized carbons (Fsp3) is 0.217. The average molecular weight is 473 g/mol. The van der Waals surface area contributed by atoms with Crippen molar-refractivity contribution in [2.45, 2.75) is 16.6 Å². The van der Waals surface area contributed by atoms with Gasteiger partial charge in [-0.15, -0.1) is 11.3 Å². The summed E-state index contributed by atoms with van der Waals surface area (Å²) in [6, 6.07) is 18.9. The van der Waals surface area contributed by atoms with Gasteiger partial charge in [0.05, 0.1) is 12.0 Å². The number of rotatable bonds is 9. The number of hydrogen-bond donors (Lipinski definition) is 2. The molecule has 2 amide bonds. The molecule has 0 bridgehead atoms. The van der Waals surface area contributed by atoms with Crippen LogP contribution in [-0.2, 0) is 25.8 Å². The second-order valence-corrected chi connectivity index (χ2v) is 10.00. The summed E-state index contributed by atoms with van der Waals surface area (Å²) in [5.74, 6) is -0.993. The van der Waals surface area contributed by atoms with Crippen LogP contribution in [0, 0.1) is 0 Å². The Labute approximate surface area is 191 Å². The van der Waals surface area contributed by atoms with Crippen LogP contribution >= 0.6 is 11.3 Å². The van der Waals surface area contributed by atoms with E-state index >= 15 is 0 Å². The predicted molar refractivity (Wildman–Crippen MR) is 123 cm³/mol. The van der Waals surface area contributed by atoms with Gasteiger partial charge in [-0.3, -0.25) is 9.59 Å². The van der Waals surface area contributed by atoms with E-state index in [1.165, 1.54) is 23.5 Å². The van der Waals surface area contributed by atoms with Crippen molar-refractivity contribution in [3.8, 4) is 5.75 Å². The fourth-order valence-corrected chi connectivity index (χ4v) is 5.98. The van der Waals surface area contributed by atoms with Crippen LogP contribution < -0.4 is 15.4 Å².